The van der Waals surface area contributed by atoms with Gasteiger partial charge in [0, 0.05) is 11.4 Å². The summed E-state index contributed by atoms with van der Waals surface area (Å²) in [5.74, 6) is 0.511. The molecule has 1 aliphatic rings. The smallest absolute Gasteiger partial charge is 0.204 e. The zero-order valence-corrected chi connectivity index (χ0v) is 9.86. The Hall–Kier alpha value is -0.940. The van der Waals surface area contributed by atoms with Gasteiger partial charge in [-0.2, -0.15) is 11.8 Å². The molecule has 0 aliphatic carbocycles. The van der Waals surface area contributed by atoms with Gasteiger partial charge in [-0.15, -0.1) is 0 Å². The summed E-state index contributed by atoms with van der Waals surface area (Å²) in [5, 5.41) is 0. The van der Waals surface area contributed by atoms with Crippen molar-refractivity contribution >= 4 is 33.4 Å². The van der Waals surface area contributed by atoms with Crippen LogP contribution in [-0.2, 0) is 9.84 Å². The van der Waals surface area contributed by atoms with Gasteiger partial charge in [0.1, 0.15) is 0 Å². The van der Waals surface area contributed by atoms with Gasteiger partial charge in [-0.3, -0.25) is 0 Å². The fourth-order valence-electron chi connectivity index (χ4n) is 1.58. The van der Waals surface area contributed by atoms with Gasteiger partial charge in [-0.25, -0.2) is 8.42 Å². The van der Waals surface area contributed by atoms with Crippen LogP contribution in [-0.4, -0.2) is 20.4 Å². The number of thioether (sulfide) groups is 1. The molecular formula is C10H11NO2S2. The first-order valence-corrected chi connectivity index (χ1v) is 7.27. The minimum atomic E-state index is -3.24. The van der Waals surface area contributed by atoms with E-state index in [4.69, 9.17) is 5.73 Å². The first-order chi connectivity index (χ1) is 7.05. The van der Waals surface area contributed by atoms with Gasteiger partial charge in [-0.05, 0) is 36.1 Å². The van der Waals surface area contributed by atoms with Crippen molar-refractivity contribution in [1.29, 1.82) is 0 Å². The molecule has 80 valence electrons. The van der Waals surface area contributed by atoms with E-state index in [1.807, 2.05) is 6.26 Å². The van der Waals surface area contributed by atoms with Gasteiger partial charge in [0.25, 0.3) is 0 Å². The molecule has 2 rings (SSSR count). The molecule has 1 aromatic carbocycles. The second-order valence-electron chi connectivity index (χ2n) is 3.34. The molecule has 1 aliphatic heterocycles. The van der Waals surface area contributed by atoms with E-state index < -0.39 is 9.84 Å². The Bertz CT molecular complexity index is 532. The molecular weight excluding hydrogens is 230 g/mol. The first-order valence-electron chi connectivity index (χ1n) is 4.40. The van der Waals surface area contributed by atoms with E-state index in [-0.39, 0.29) is 0 Å². The van der Waals surface area contributed by atoms with Crippen LogP contribution in [0.5, 0.6) is 0 Å². The van der Waals surface area contributed by atoms with Crippen LogP contribution in [0, 0.1) is 0 Å². The Balaban J connectivity index is 2.58. The maximum Gasteiger partial charge on any atom is 0.204 e. The molecule has 1 heterocycles. The van der Waals surface area contributed by atoms with Crippen LogP contribution in [0.1, 0.15) is 5.56 Å². The third kappa shape index (κ3) is 1.66. The van der Waals surface area contributed by atoms with E-state index in [0.717, 1.165) is 0 Å². The number of fused-ring (bicyclic) bond motifs is 1. The SMILES string of the molecule is CSCC1=Cc2cc(N)ccc2S1(=O)=O. The highest BCUT2D eigenvalue weighted by atomic mass is 32.2. The number of hydrogen-bond donors (Lipinski definition) is 1. The van der Waals surface area contributed by atoms with Crippen molar-refractivity contribution in [3.63, 3.8) is 0 Å². The fraction of sp³-hybridized carbons (Fsp3) is 0.200. The number of sulfone groups is 1. The van der Waals surface area contributed by atoms with Crippen molar-refractivity contribution in [3.8, 4) is 0 Å². The fourth-order valence-corrected chi connectivity index (χ4v) is 4.16. The molecule has 0 fully saturated rings. The second-order valence-corrected chi connectivity index (χ2v) is 6.18. The zero-order chi connectivity index (χ0) is 11.1. The van der Waals surface area contributed by atoms with Crippen molar-refractivity contribution in [2.24, 2.45) is 0 Å². The Labute approximate surface area is 93.3 Å². The molecule has 0 saturated heterocycles. The zero-order valence-electron chi connectivity index (χ0n) is 8.23. The summed E-state index contributed by atoms with van der Waals surface area (Å²) in [6.07, 6.45) is 3.59. The van der Waals surface area contributed by atoms with Gasteiger partial charge in [0.05, 0.1) is 9.80 Å². The van der Waals surface area contributed by atoms with Crippen molar-refractivity contribution in [2.75, 3.05) is 17.7 Å². The first kappa shape index (κ1) is 10.6. The molecule has 5 heteroatoms. The van der Waals surface area contributed by atoms with Crippen LogP contribution < -0.4 is 5.73 Å². The molecule has 0 atom stereocenters. The Morgan fingerprint density at radius 2 is 2.13 bits per heavy atom. The maximum atomic E-state index is 12.0. The molecule has 15 heavy (non-hydrogen) atoms. The Kier molecular flexibility index (Phi) is 2.52. The van der Waals surface area contributed by atoms with E-state index in [1.54, 1.807) is 24.3 Å². The van der Waals surface area contributed by atoms with Crippen LogP contribution in [0.15, 0.2) is 28.0 Å². The average Bonchev–Trinajstić information content (AvgIpc) is 2.39. The lowest BCUT2D eigenvalue weighted by Crippen LogP contribution is -2.02. The quantitative estimate of drug-likeness (QED) is 0.801. The van der Waals surface area contributed by atoms with Crippen molar-refractivity contribution < 1.29 is 8.42 Å². The highest BCUT2D eigenvalue weighted by Gasteiger charge is 2.28. The molecule has 3 nitrogen and oxygen atoms in total. The molecule has 0 bridgehead atoms. The summed E-state index contributed by atoms with van der Waals surface area (Å²) in [5.41, 5.74) is 6.91. The minimum Gasteiger partial charge on any atom is -0.399 e. The average molecular weight is 241 g/mol. The number of anilines is 1. The van der Waals surface area contributed by atoms with E-state index >= 15 is 0 Å². The molecule has 1 aromatic rings. The molecule has 0 saturated carbocycles. The highest BCUT2D eigenvalue weighted by Crippen LogP contribution is 2.34. The second kappa shape index (κ2) is 3.57. The molecule has 0 unspecified atom stereocenters. The number of benzene rings is 1. The van der Waals surface area contributed by atoms with Crippen LogP contribution in [0.2, 0.25) is 0 Å². The van der Waals surface area contributed by atoms with E-state index in [9.17, 15) is 8.42 Å². The molecule has 0 aromatic heterocycles. The number of hydrogen-bond acceptors (Lipinski definition) is 4. The Morgan fingerprint density at radius 3 is 2.80 bits per heavy atom. The summed E-state index contributed by atoms with van der Waals surface area (Å²) in [7, 11) is -3.24. The van der Waals surface area contributed by atoms with Crippen molar-refractivity contribution in [2.45, 2.75) is 4.90 Å². The van der Waals surface area contributed by atoms with Gasteiger partial charge >= 0.3 is 0 Å². The number of nitrogens with two attached hydrogens (primary N) is 1. The lowest BCUT2D eigenvalue weighted by molar-refractivity contribution is 0.603. The largest absolute Gasteiger partial charge is 0.399 e. The third-order valence-corrected chi connectivity index (χ3v) is 4.96. The van der Waals surface area contributed by atoms with Gasteiger partial charge in [0.15, 0.2) is 0 Å². The normalized spacial score (nSPS) is 17.3. The van der Waals surface area contributed by atoms with Crippen LogP contribution >= 0.6 is 11.8 Å². The van der Waals surface area contributed by atoms with Crippen LogP contribution in [0.25, 0.3) is 6.08 Å². The Morgan fingerprint density at radius 1 is 1.40 bits per heavy atom. The monoisotopic (exact) mass is 241 g/mol. The topological polar surface area (TPSA) is 60.2 Å². The van der Waals surface area contributed by atoms with Crippen LogP contribution in [0.4, 0.5) is 5.69 Å². The predicted octanol–water partition coefficient (Wildman–Crippen LogP) is 1.76. The lowest BCUT2D eigenvalue weighted by atomic mass is 10.2. The van der Waals surface area contributed by atoms with Gasteiger partial charge in [-0.1, -0.05) is 0 Å². The van der Waals surface area contributed by atoms with Gasteiger partial charge < -0.3 is 5.73 Å². The minimum absolute atomic E-state index is 0.376. The molecule has 0 amide bonds. The van der Waals surface area contributed by atoms with E-state index in [2.05, 4.69) is 0 Å². The molecule has 0 radical (unpaired) electrons. The van der Waals surface area contributed by atoms with Gasteiger partial charge in [0.2, 0.25) is 9.84 Å². The predicted molar refractivity (Wildman–Crippen MR) is 64.4 cm³/mol. The van der Waals surface area contributed by atoms with Crippen molar-refractivity contribution in [1.82, 2.24) is 0 Å². The van der Waals surface area contributed by atoms with E-state index in [1.165, 1.54) is 11.8 Å². The highest BCUT2D eigenvalue weighted by molar-refractivity contribution is 8.01. The lowest BCUT2D eigenvalue weighted by Gasteiger charge is -2.01. The summed E-state index contributed by atoms with van der Waals surface area (Å²) >= 11 is 1.50. The summed E-state index contributed by atoms with van der Waals surface area (Å²) in [6.45, 7) is 0. The molecule has 0 spiro atoms. The standard InChI is InChI=1S/C10H11NO2S2/c1-14-6-9-5-7-4-8(11)2-3-10(7)15(9,12)13/h2-5H,6,11H2,1H3. The van der Waals surface area contributed by atoms with Crippen molar-refractivity contribution in [3.05, 3.63) is 28.7 Å². The molecule has 2 N–H and O–H groups in total. The van der Waals surface area contributed by atoms with Crippen LogP contribution in [0.3, 0.4) is 0 Å². The summed E-state index contributed by atoms with van der Waals surface area (Å²) < 4.78 is 23.9. The maximum absolute atomic E-state index is 12.0. The number of nitrogen functional groups attached to an aromatic ring is 1. The summed E-state index contributed by atoms with van der Waals surface area (Å²) in [4.78, 5) is 0.844. The third-order valence-electron chi connectivity index (χ3n) is 2.27. The number of rotatable bonds is 2. The summed E-state index contributed by atoms with van der Waals surface area (Å²) in [6, 6.07) is 4.89. The van der Waals surface area contributed by atoms with E-state index in [0.29, 0.717) is 26.8 Å².